The molecule has 0 unspecified atom stereocenters. The van der Waals surface area contributed by atoms with Crippen molar-refractivity contribution in [1.29, 1.82) is 0 Å². The summed E-state index contributed by atoms with van der Waals surface area (Å²) in [7, 11) is 0. The zero-order valence-corrected chi connectivity index (χ0v) is 14.2. The Balaban J connectivity index is 0.000000593. The second-order valence-electron chi connectivity index (χ2n) is 5.64. The average molecular weight is 304 g/mol. The Morgan fingerprint density at radius 3 is 1.87 bits per heavy atom. The molecule has 0 atom stereocenters. The highest BCUT2D eigenvalue weighted by molar-refractivity contribution is 6.06. The van der Waals surface area contributed by atoms with Gasteiger partial charge in [0.2, 0.25) is 0 Å². The van der Waals surface area contributed by atoms with Crippen LogP contribution in [-0.2, 0) is 0 Å². The number of allylic oxidation sites excluding steroid dienone is 2. The lowest BCUT2D eigenvalue weighted by Gasteiger charge is -1.98. The molecule has 0 aliphatic rings. The molecule has 118 valence electrons. The predicted molar refractivity (Wildman–Crippen MR) is 102 cm³/mol. The van der Waals surface area contributed by atoms with Gasteiger partial charge in [-0.15, -0.1) is 6.58 Å². The topological polar surface area (TPSA) is 17.1 Å². The zero-order chi connectivity index (χ0) is 17.2. The van der Waals surface area contributed by atoms with Gasteiger partial charge in [-0.25, -0.2) is 0 Å². The second-order valence-corrected chi connectivity index (χ2v) is 5.64. The van der Waals surface area contributed by atoms with Crippen LogP contribution in [0.5, 0.6) is 0 Å². The molecule has 0 aliphatic heterocycles. The van der Waals surface area contributed by atoms with E-state index in [9.17, 15) is 4.79 Å². The summed E-state index contributed by atoms with van der Waals surface area (Å²) in [5.74, 6) is 0.0104. The van der Waals surface area contributed by atoms with Crippen LogP contribution in [-0.4, -0.2) is 5.78 Å². The third-order valence-electron chi connectivity index (χ3n) is 2.94. The van der Waals surface area contributed by atoms with Crippen LogP contribution in [0.3, 0.4) is 0 Å². The highest BCUT2D eigenvalue weighted by atomic mass is 16.1. The first kappa shape index (κ1) is 18.4. The molecule has 0 fully saturated rings. The van der Waals surface area contributed by atoms with Gasteiger partial charge in [0.05, 0.1) is 0 Å². The number of hydrogen-bond donors (Lipinski definition) is 0. The Hall–Kier alpha value is -2.67. The van der Waals surface area contributed by atoms with Gasteiger partial charge in [-0.3, -0.25) is 4.79 Å². The molecule has 0 bridgehead atoms. The maximum Gasteiger partial charge on any atom is 0.185 e. The lowest BCUT2D eigenvalue weighted by Crippen LogP contribution is -1.93. The Bertz CT molecular complexity index is 682. The van der Waals surface area contributed by atoms with Crippen molar-refractivity contribution in [2.75, 3.05) is 0 Å². The Kier molecular flexibility index (Phi) is 7.49. The van der Waals surface area contributed by atoms with E-state index in [0.717, 1.165) is 11.1 Å². The molecule has 2 aromatic carbocycles. The predicted octanol–water partition coefficient (Wildman–Crippen LogP) is 6.12. The van der Waals surface area contributed by atoms with Gasteiger partial charge < -0.3 is 0 Å². The van der Waals surface area contributed by atoms with Crippen molar-refractivity contribution in [2.24, 2.45) is 0 Å². The maximum absolute atomic E-state index is 12.0. The smallest absolute Gasteiger partial charge is 0.185 e. The van der Waals surface area contributed by atoms with E-state index in [1.54, 1.807) is 12.2 Å². The van der Waals surface area contributed by atoms with Gasteiger partial charge in [0.15, 0.2) is 5.78 Å². The molecule has 0 N–H and O–H groups in total. The molecule has 0 heterocycles. The lowest BCUT2D eigenvalue weighted by atomic mass is 10.1. The number of ketones is 1. The van der Waals surface area contributed by atoms with Crippen LogP contribution < -0.4 is 0 Å². The van der Waals surface area contributed by atoms with Crippen molar-refractivity contribution in [3.05, 3.63) is 95.6 Å². The second kappa shape index (κ2) is 9.37. The third kappa shape index (κ3) is 7.23. The van der Waals surface area contributed by atoms with Gasteiger partial charge in [0, 0.05) is 5.56 Å². The fourth-order valence-electron chi connectivity index (χ4n) is 1.73. The van der Waals surface area contributed by atoms with E-state index in [1.165, 1.54) is 11.1 Å². The SMILES string of the molecule is C=C(C)C.C=Cc1ccc(C(=O)C=Cc2ccc(C)cc2)cc1. The van der Waals surface area contributed by atoms with E-state index in [0.29, 0.717) is 5.56 Å². The summed E-state index contributed by atoms with van der Waals surface area (Å²) in [6.45, 7) is 13.2. The van der Waals surface area contributed by atoms with Gasteiger partial charge in [0.1, 0.15) is 0 Å². The van der Waals surface area contributed by atoms with Crippen LogP contribution in [0, 0.1) is 6.92 Å². The lowest BCUT2D eigenvalue weighted by molar-refractivity contribution is 0.104. The Labute approximate surface area is 139 Å². The minimum Gasteiger partial charge on any atom is -0.289 e. The van der Waals surface area contributed by atoms with Crippen molar-refractivity contribution in [2.45, 2.75) is 20.8 Å². The van der Waals surface area contributed by atoms with Crippen molar-refractivity contribution in [3.63, 3.8) is 0 Å². The van der Waals surface area contributed by atoms with E-state index in [4.69, 9.17) is 0 Å². The summed E-state index contributed by atoms with van der Waals surface area (Å²) in [5.41, 5.74) is 5.11. The molecule has 0 aliphatic carbocycles. The molecular formula is C22H24O. The Morgan fingerprint density at radius 1 is 0.913 bits per heavy atom. The third-order valence-corrected chi connectivity index (χ3v) is 2.94. The number of aryl methyl sites for hydroxylation is 1. The fourth-order valence-corrected chi connectivity index (χ4v) is 1.73. The summed E-state index contributed by atoms with van der Waals surface area (Å²) in [4.78, 5) is 12.0. The van der Waals surface area contributed by atoms with Crippen molar-refractivity contribution >= 4 is 17.9 Å². The molecule has 2 aromatic rings. The molecule has 1 nitrogen and oxygen atoms in total. The first-order valence-corrected chi connectivity index (χ1v) is 7.56. The Morgan fingerprint density at radius 2 is 1.39 bits per heavy atom. The molecule has 1 heteroatoms. The standard InChI is InChI=1S/C18H16O.C4H8/c1-3-15-8-11-17(12-9-15)18(19)13-10-16-6-4-14(2)5-7-16;1-4(2)3/h3-13H,1H2,2H3;1H2,2-3H3. The first-order valence-electron chi connectivity index (χ1n) is 7.56. The summed E-state index contributed by atoms with van der Waals surface area (Å²) < 4.78 is 0. The summed E-state index contributed by atoms with van der Waals surface area (Å²) in [6.07, 6.45) is 5.20. The molecule has 0 saturated carbocycles. The van der Waals surface area contributed by atoms with Gasteiger partial charge in [-0.05, 0) is 38.0 Å². The van der Waals surface area contributed by atoms with Gasteiger partial charge in [-0.2, -0.15) is 0 Å². The zero-order valence-electron chi connectivity index (χ0n) is 14.2. The normalized spacial score (nSPS) is 9.87. The van der Waals surface area contributed by atoms with Gasteiger partial charge in [-0.1, -0.05) is 78.4 Å². The van der Waals surface area contributed by atoms with Gasteiger partial charge in [0.25, 0.3) is 0 Å². The van der Waals surface area contributed by atoms with Crippen LogP contribution in [0.1, 0.15) is 40.9 Å². The molecule has 0 amide bonds. The number of hydrogen-bond acceptors (Lipinski definition) is 1. The summed E-state index contributed by atoms with van der Waals surface area (Å²) in [5, 5.41) is 0. The van der Waals surface area contributed by atoms with Crippen LogP contribution in [0.2, 0.25) is 0 Å². The number of benzene rings is 2. The number of rotatable bonds is 4. The van der Waals surface area contributed by atoms with Crippen LogP contribution in [0.15, 0.2) is 73.3 Å². The van der Waals surface area contributed by atoms with E-state index >= 15 is 0 Å². The quantitative estimate of drug-likeness (QED) is 0.378. The average Bonchev–Trinajstić information content (AvgIpc) is 2.53. The van der Waals surface area contributed by atoms with Crippen LogP contribution in [0.4, 0.5) is 0 Å². The largest absolute Gasteiger partial charge is 0.289 e. The highest BCUT2D eigenvalue weighted by Gasteiger charge is 2.00. The summed E-state index contributed by atoms with van der Waals surface area (Å²) in [6, 6.07) is 15.5. The summed E-state index contributed by atoms with van der Waals surface area (Å²) >= 11 is 0. The molecule has 23 heavy (non-hydrogen) atoms. The van der Waals surface area contributed by atoms with Crippen LogP contribution in [0.25, 0.3) is 12.2 Å². The fraction of sp³-hybridized carbons (Fsp3) is 0.136. The first-order chi connectivity index (χ1) is 10.9. The monoisotopic (exact) mass is 304 g/mol. The van der Waals surface area contributed by atoms with E-state index < -0.39 is 0 Å². The van der Waals surface area contributed by atoms with Crippen LogP contribution >= 0.6 is 0 Å². The highest BCUT2D eigenvalue weighted by Crippen LogP contribution is 2.09. The molecule has 0 saturated heterocycles. The van der Waals surface area contributed by atoms with Crippen molar-refractivity contribution in [3.8, 4) is 0 Å². The van der Waals surface area contributed by atoms with E-state index in [2.05, 4.69) is 13.2 Å². The maximum atomic E-state index is 12.0. The molecular weight excluding hydrogens is 280 g/mol. The number of carbonyl (C=O) groups is 1. The van der Waals surface area contributed by atoms with E-state index in [1.807, 2.05) is 75.4 Å². The molecule has 0 radical (unpaired) electrons. The van der Waals surface area contributed by atoms with Gasteiger partial charge >= 0.3 is 0 Å². The minimum atomic E-state index is 0.0104. The minimum absolute atomic E-state index is 0.0104. The molecule has 0 spiro atoms. The van der Waals surface area contributed by atoms with Crippen molar-refractivity contribution < 1.29 is 4.79 Å². The van der Waals surface area contributed by atoms with Crippen molar-refractivity contribution in [1.82, 2.24) is 0 Å². The number of carbonyl (C=O) groups excluding carboxylic acids is 1. The van der Waals surface area contributed by atoms with E-state index in [-0.39, 0.29) is 5.78 Å². The molecule has 2 rings (SSSR count). The molecule has 0 aromatic heterocycles.